The van der Waals surface area contributed by atoms with Crippen LogP contribution in [0, 0.1) is 13.8 Å². The summed E-state index contributed by atoms with van der Waals surface area (Å²) in [7, 11) is 0. The first-order valence-electron chi connectivity index (χ1n) is 7.06. The van der Waals surface area contributed by atoms with E-state index in [0.29, 0.717) is 6.04 Å². The van der Waals surface area contributed by atoms with Gasteiger partial charge in [0.05, 0.1) is 0 Å². The van der Waals surface area contributed by atoms with E-state index in [1.165, 1.54) is 16.7 Å². The molecule has 0 aliphatic heterocycles. The topological polar surface area (TPSA) is 21.3 Å². The fourth-order valence-corrected chi connectivity index (χ4v) is 2.29. The molecule has 0 heterocycles. The number of aryl methyl sites for hydroxylation is 2. The van der Waals surface area contributed by atoms with Gasteiger partial charge >= 0.3 is 0 Å². The summed E-state index contributed by atoms with van der Waals surface area (Å²) in [4.78, 5) is 0. The number of rotatable bonds is 8. The largest absolute Gasteiger partial charge is 0.381 e. The van der Waals surface area contributed by atoms with Crippen molar-refractivity contribution >= 4 is 0 Å². The van der Waals surface area contributed by atoms with Crippen molar-refractivity contribution in [2.24, 2.45) is 0 Å². The van der Waals surface area contributed by atoms with Gasteiger partial charge in [0.25, 0.3) is 0 Å². The lowest BCUT2D eigenvalue weighted by molar-refractivity contribution is 0.124. The molecular formula is C16H27NO. The van der Waals surface area contributed by atoms with Crippen molar-refractivity contribution in [1.82, 2.24) is 5.32 Å². The van der Waals surface area contributed by atoms with Gasteiger partial charge in [-0.05, 0) is 38.8 Å². The van der Waals surface area contributed by atoms with Gasteiger partial charge in [0.15, 0.2) is 0 Å². The summed E-state index contributed by atoms with van der Waals surface area (Å²) in [6.07, 6.45) is 2.13. The van der Waals surface area contributed by atoms with Crippen LogP contribution in [-0.2, 0) is 4.74 Å². The number of hydrogen-bond acceptors (Lipinski definition) is 2. The van der Waals surface area contributed by atoms with Crippen molar-refractivity contribution in [3.63, 3.8) is 0 Å². The lowest BCUT2D eigenvalue weighted by Gasteiger charge is -2.19. The molecule has 1 aromatic carbocycles. The zero-order chi connectivity index (χ0) is 13.4. The molecule has 0 fully saturated rings. The molecule has 1 aromatic rings. The van der Waals surface area contributed by atoms with Gasteiger partial charge in [0.2, 0.25) is 0 Å². The summed E-state index contributed by atoms with van der Waals surface area (Å²) < 4.78 is 5.60. The molecule has 0 aromatic heterocycles. The molecule has 2 heteroatoms. The summed E-state index contributed by atoms with van der Waals surface area (Å²) in [6, 6.07) is 7.19. The van der Waals surface area contributed by atoms with Crippen molar-refractivity contribution in [2.75, 3.05) is 19.8 Å². The maximum absolute atomic E-state index is 5.60. The van der Waals surface area contributed by atoms with E-state index in [1.54, 1.807) is 0 Å². The highest BCUT2D eigenvalue weighted by Crippen LogP contribution is 2.20. The third-order valence-corrected chi connectivity index (χ3v) is 3.00. The second kappa shape index (κ2) is 8.28. The minimum Gasteiger partial charge on any atom is -0.381 e. The number of ether oxygens (including phenoxy) is 1. The van der Waals surface area contributed by atoms with Crippen molar-refractivity contribution in [1.29, 1.82) is 0 Å². The Kier molecular flexibility index (Phi) is 6.99. The minimum absolute atomic E-state index is 0.408. The molecule has 0 aliphatic carbocycles. The third-order valence-electron chi connectivity index (χ3n) is 3.00. The summed E-state index contributed by atoms with van der Waals surface area (Å²) in [6.45, 7) is 11.3. The Balaban J connectivity index is 2.64. The van der Waals surface area contributed by atoms with Gasteiger partial charge in [-0.1, -0.05) is 43.2 Å². The molecule has 0 saturated carbocycles. The second-order valence-corrected chi connectivity index (χ2v) is 4.93. The molecule has 0 saturated heterocycles. The predicted molar refractivity (Wildman–Crippen MR) is 78.1 cm³/mol. The van der Waals surface area contributed by atoms with Gasteiger partial charge in [0, 0.05) is 19.3 Å². The molecule has 102 valence electrons. The van der Waals surface area contributed by atoms with E-state index in [2.05, 4.69) is 51.2 Å². The Morgan fingerprint density at radius 2 is 1.72 bits per heavy atom. The Morgan fingerprint density at radius 1 is 1.06 bits per heavy atom. The van der Waals surface area contributed by atoms with E-state index in [1.807, 2.05) is 0 Å². The first kappa shape index (κ1) is 15.2. The van der Waals surface area contributed by atoms with Gasteiger partial charge in [-0.3, -0.25) is 0 Å². The molecule has 1 N–H and O–H groups in total. The van der Waals surface area contributed by atoms with Gasteiger partial charge < -0.3 is 10.1 Å². The van der Waals surface area contributed by atoms with Gasteiger partial charge in [-0.2, -0.15) is 0 Å². The van der Waals surface area contributed by atoms with Gasteiger partial charge in [-0.15, -0.1) is 0 Å². The molecule has 0 bridgehead atoms. The monoisotopic (exact) mass is 249 g/mol. The summed E-state index contributed by atoms with van der Waals surface area (Å²) in [5, 5.41) is 3.55. The van der Waals surface area contributed by atoms with Crippen LogP contribution in [0.25, 0.3) is 0 Å². The molecule has 0 aliphatic rings. The van der Waals surface area contributed by atoms with Crippen molar-refractivity contribution < 1.29 is 4.74 Å². The first-order valence-corrected chi connectivity index (χ1v) is 7.06. The van der Waals surface area contributed by atoms with Crippen LogP contribution < -0.4 is 5.32 Å². The molecule has 2 nitrogen and oxygen atoms in total. The standard InChI is InChI=1S/C16H27NO/c1-5-8-18-9-7-16(17-6-2)15-11-13(3)10-14(4)12-15/h10-12,16-17H,5-9H2,1-4H3. The van der Waals surface area contributed by atoms with Crippen molar-refractivity contribution in [3.05, 3.63) is 34.9 Å². The van der Waals surface area contributed by atoms with Gasteiger partial charge in [0.1, 0.15) is 0 Å². The number of benzene rings is 1. The summed E-state index contributed by atoms with van der Waals surface area (Å²) >= 11 is 0. The van der Waals surface area contributed by atoms with E-state index in [-0.39, 0.29) is 0 Å². The fraction of sp³-hybridized carbons (Fsp3) is 0.625. The highest BCUT2D eigenvalue weighted by Gasteiger charge is 2.10. The van der Waals surface area contributed by atoms with E-state index in [0.717, 1.165) is 32.6 Å². The smallest absolute Gasteiger partial charge is 0.0484 e. The zero-order valence-corrected chi connectivity index (χ0v) is 12.3. The van der Waals surface area contributed by atoms with E-state index in [4.69, 9.17) is 4.74 Å². The molecule has 0 radical (unpaired) electrons. The van der Waals surface area contributed by atoms with Crippen LogP contribution in [-0.4, -0.2) is 19.8 Å². The Morgan fingerprint density at radius 3 is 2.28 bits per heavy atom. The van der Waals surface area contributed by atoms with E-state index < -0.39 is 0 Å². The first-order chi connectivity index (χ1) is 8.67. The SMILES string of the molecule is CCCOCCC(NCC)c1cc(C)cc(C)c1. The lowest BCUT2D eigenvalue weighted by atomic mass is 9.99. The molecule has 1 unspecified atom stereocenters. The average Bonchev–Trinajstić information content (AvgIpc) is 2.32. The van der Waals surface area contributed by atoms with Crippen molar-refractivity contribution in [3.8, 4) is 0 Å². The zero-order valence-electron chi connectivity index (χ0n) is 12.3. The van der Waals surface area contributed by atoms with Crippen LogP contribution in [0.15, 0.2) is 18.2 Å². The average molecular weight is 249 g/mol. The van der Waals surface area contributed by atoms with Crippen LogP contribution in [0.3, 0.4) is 0 Å². The van der Waals surface area contributed by atoms with Crippen LogP contribution in [0.1, 0.15) is 49.4 Å². The van der Waals surface area contributed by atoms with Crippen LogP contribution in [0.2, 0.25) is 0 Å². The van der Waals surface area contributed by atoms with Crippen LogP contribution >= 0.6 is 0 Å². The van der Waals surface area contributed by atoms with Crippen LogP contribution in [0.4, 0.5) is 0 Å². The van der Waals surface area contributed by atoms with Crippen molar-refractivity contribution in [2.45, 2.75) is 46.6 Å². The Labute approximate surface area is 112 Å². The van der Waals surface area contributed by atoms with E-state index in [9.17, 15) is 0 Å². The molecule has 0 spiro atoms. The maximum atomic E-state index is 5.60. The van der Waals surface area contributed by atoms with Crippen LogP contribution in [0.5, 0.6) is 0 Å². The number of hydrogen-bond donors (Lipinski definition) is 1. The Hall–Kier alpha value is -0.860. The molecular weight excluding hydrogens is 222 g/mol. The highest BCUT2D eigenvalue weighted by molar-refractivity contribution is 5.30. The molecule has 1 atom stereocenters. The molecule has 18 heavy (non-hydrogen) atoms. The minimum atomic E-state index is 0.408. The third kappa shape index (κ3) is 5.19. The summed E-state index contributed by atoms with van der Waals surface area (Å²) in [5.74, 6) is 0. The maximum Gasteiger partial charge on any atom is 0.0484 e. The normalized spacial score (nSPS) is 12.7. The van der Waals surface area contributed by atoms with E-state index >= 15 is 0 Å². The predicted octanol–water partition coefficient (Wildman–Crippen LogP) is 3.77. The molecule has 1 rings (SSSR count). The quantitative estimate of drug-likeness (QED) is 0.708. The number of nitrogens with one attached hydrogen (secondary N) is 1. The highest BCUT2D eigenvalue weighted by atomic mass is 16.5. The second-order valence-electron chi connectivity index (χ2n) is 4.93. The Bertz CT molecular complexity index is 329. The fourth-order valence-electron chi connectivity index (χ4n) is 2.29. The summed E-state index contributed by atoms with van der Waals surface area (Å²) in [5.41, 5.74) is 4.05. The lowest BCUT2D eigenvalue weighted by Crippen LogP contribution is -2.22. The van der Waals surface area contributed by atoms with Gasteiger partial charge in [-0.25, -0.2) is 0 Å². The molecule has 0 amide bonds.